The van der Waals surface area contributed by atoms with Crippen LogP contribution in [-0.4, -0.2) is 28.8 Å². The second-order valence-corrected chi connectivity index (χ2v) is 6.77. The van der Waals surface area contributed by atoms with Crippen molar-refractivity contribution in [3.05, 3.63) is 82.9 Å². The number of nitrogens with zero attached hydrogens (tertiary/aromatic N) is 3. The Morgan fingerprint density at radius 1 is 1.16 bits per heavy atom. The van der Waals surface area contributed by atoms with E-state index in [0.29, 0.717) is 16.3 Å². The quantitative estimate of drug-likeness (QED) is 0.357. The van der Waals surface area contributed by atoms with Crippen molar-refractivity contribution in [1.29, 1.82) is 0 Å². The zero-order chi connectivity index (χ0) is 22.5. The molecule has 0 aliphatic rings. The van der Waals surface area contributed by atoms with Crippen molar-refractivity contribution >= 4 is 46.4 Å². The van der Waals surface area contributed by atoms with Crippen LogP contribution < -0.4 is 22.1 Å². The monoisotopic (exact) mass is 439 g/mol. The molecule has 0 fully saturated rings. The molecular weight excluding hydrogens is 421 g/mol. The fourth-order valence-electron chi connectivity index (χ4n) is 2.70. The van der Waals surface area contributed by atoms with Crippen LogP contribution in [0.15, 0.2) is 60.4 Å². The number of aliphatic imine (C=N–C) groups is 1. The van der Waals surface area contributed by atoms with E-state index >= 15 is 0 Å². The van der Waals surface area contributed by atoms with Crippen LogP contribution in [0.3, 0.4) is 0 Å². The van der Waals surface area contributed by atoms with Crippen LogP contribution in [0.1, 0.15) is 21.5 Å². The Morgan fingerprint density at radius 2 is 1.94 bits per heavy atom. The third-order valence-corrected chi connectivity index (χ3v) is 4.46. The lowest BCUT2D eigenvalue weighted by Crippen LogP contribution is -2.25. The van der Waals surface area contributed by atoms with Crippen molar-refractivity contribution in [2.45, 2.75) is 0 Å². The Hall–Kier alpha value is -3.98. The molecule has 2 heterocycles. The summed E-state index contributed by atoms with van der Waals surface area (Å²) in [6, 6.07) is 8.78. The van der Waals surface area contributed by atoms with Gasteiger partial charge in [-0.2, -0.15) is 0 Å². The van der Waals surface area contributed by atoms with Gasteiger partial charge >= 0.3 is 0 Å². The zero-order valence-corrected chi connectivity index (χ0v) is 17.2. The number of hydrogen-bond acceptors (Lipinski definition) is 6. The molecule has 0 radical (unpaired) electrons. The van der Waals surface area contributed by atoms with Crippen LogP contribution in [0, 0.1) is 5.82 Å². The van der Waals surface area contributed by atoms with Gasteiger partial charge in [-0.25, -0.2) is 14.4 Å². The molecule has 1 amide bonds. The first-order valence-electron chi connectivity index (χ1n) is 8.98. The highest BCUT2D eigenvalue weighted by atomic mass is 35.5. The number of anilines is 2. The molecule has 31 heavy (non-hydrogen) atoms. The number of carbonyl (C=O) groups excluding carboxylic acids is 1. The van der Waals surface area contributed by atoms with Crippen LogP contribution in [-0.2, 0) is 0 Å². The largest absolute Gasteiger partial charge is 0.384 e. The van der Waals surface area contributed by atoms with E-state index in [1.807, 2.05) is 0 Å². The number of nitrogens with two attached hydrogens (primary N) is 2. The van der Waals surface area contributed by atoms with Gasteiger partial charge in [0.15, 0.2) is 0 Å². The summed E-state index contributed by atoms with van der Waals surface area (Å²) in [5.41, 5.74) is 12.9. The van der Waals surface area contributed by atoms with Gasteiger partial charge in [-0.05, 0) is 36.4 Å². The highest BCUT2D eigenvalue weighted by Gasteiger charge is 2.16. The smallest absolute Gasteiger partial charge is 0.254 e. The average molecular weight is 440 g/mol. The van der Waals surface area contributed by atoms with Crippen molar-refractivity contribution in [3.63, 3.8) is 0 Å². The van der Waals surface area contributed by atoms with Crippen LogP contribution in [0.2, 0.25) is 5.02 Å². The van der Waals surface area contributed by atoms with Gasteiger partial charge in [-0.15, -0.1) is 0 Å². The lowest BCUT2D eigenvalue weighted by atomic mass is 10.1. The fraction of sp³-hybridized carbons (Fsp3) is 0.0476. The molecule has 0 unspecified atom stereocenters. The van der Waals surface area contributed by atoms with Crippen LogP contribution in [0.4, 0.5) is 21.7 Å². The Labute approximate surface area is 182 Å². The predicted octanol–water partition coefficient (Wildman–Crippen LogP) is 3.13. The summed E-state index contributed by atoms with van der Waals surface area (Å²) >= 11 is 6.00. The number of carbonyl (C=O) groups is 1. The molecule has 0 saturated heterocycles. The maximum atomic E-state index is 14.3. The molecule has 3 rings (SSSR count). The maximum absolute atomic E-state index is 14.3. The summed E-state index contributed by atoms with van der Waals surface area (Å²) in [6.45, 7) is 3.89. The summed E-state index contributed by atoms with van der Waals surface area (Å²) in [6.07, 6.45) is 2.87. The standard InChI is InChI=1S/C21H19ClFN7O/c1-11(14-9-12(22)3-5-16(14)23)28-20(13-4-6-18(24)30-19(13)25)29-17-7-8-27-10-15(17)21(31)26-2/h3-10H,1H2,2H3,(H,26,31)(H4,24,25,30)(H,27,28,29). The number of pyridine rings is 2. The normalized spacial score (nSPS) is 11.1. The summed E-state index contributed by atoms with van der Waals surface area (Å²) in [5.74, 6) is -0.434. The van der Waals surface area contributed by atoms with E-state index in [4.69, 9.17) is 23.1 Å². The Bertz CT molecular complexity index is 1200. The van der Waals surface area contributed by atoms with Crippen molar-refractivity contribution in [3.8, 4) is 0 Å². The number of benzene rings is 1. The number of amidine groups is 1. The third-order valence-electron chi connectivity index (χ3n) is 4.23. The molecule has 0 aliphatic carbocycles. The third kappa shape index (κ3) is 4.96. The predicted molar refractivity (Wildman–Crippen MR) is 120 cm³/mol. The topological polar surface area (TPSA) is 131 Å². The second kappa shape index (κ2) is 9.23. The van der Waals surface area contributed by atoms with E-state index in [-0.39, 0.29) is 40.2 Å². The minimum Gasteiger partial charge on any atom is -0.384 e. The van der Waals surface area contributed by atoms with E-state index < -0.39 is 5.82 Å². The Morgan fingerprint density at radius 3 is 2.65 bits per heavy atom. The number of nitrogen functional groups attached to an aromatic ring is 2. The van der Waals surface area contributed by atoms with E-state index in [0.717, 1.165) is 0 Å². The second-order valence-electron chi connectivity index (χ2n) is 6.33. The molecule has 0 aliphatic heterocycles. The number of halogens is 2. The van der Waals surface area contributed by atoms with Crippen molar-refractivity contribution in [2.24, 2.45) is 4.99 Å². The van der Waals surface area contributed by atoms with E-state index in [1.54, 1.807) is 12.1 Å². The minimum atomic E-state index is -0.528. The SMILES string of the molecule is C=C(NC(=Nc1ccncc1C(=O)NC)c1ccc(N)nc1N)c1cc(Cl)ccc1F. The van der Waals surface area contributed by atoms with Gasteiger partial charge in [0, 0.05) is 35.7 Å². The molecule has 10 heteroatoms. The number of amides is 1. The highest BCUT2D eigenvalue weighted by molar-refractivity contribution is 6.30. The Balaban J connectivity index is 2.12. The number of aromatic nitrogens is 2. The van der Waals surface area contributed by atoms with E-state index in [2.05, 4.69) is 32.2 Å². The van der Waals surface area contributed by atoms with Gasteiger partial charge in [0.1, 0.15) is 23.3 Å². The van der Waals surface area contributed by atoms with Gasteiger partial charge in [0.25, 0.3) is 5.91 Å². The maximum Gasteiger partial charge on any atom is 0.254 e. The number of rotatable bonds is 5. The summed E-state index contributed by atoms with van der Waals surface area (Å²) in [5, 5.41) is 5.82. The first-order valence-corrected chi connectivity index (χ1v) is 9.36. The van der Waals surface area contributed by atoms with Gasteiger partial charge in [0.2, 0.25) is 0 Å². The van der Waals surface area contributed by atoms with Crippen molar-refractivity contribution in [2.75, 3.05) is 18.5 Å². The highest BCUT2D eigenvalue weighted by Crippen LogP contribution is 2.24. The van der Waals surface area contributed by atoms with Crippen LogP contribution in [0.25, 0.3) is 5.70 Å². The molecule has 3 aromatic rings. The average Bonchev–Trinajstić information content (AvgIpc) is 2.74. The molecule has 158 valence electrons. The minimum absolute atomic E-state index is 0.0844. The Kier molecular flexibility index (Phi) is 6.46. The molecule has 0 saturated carbocycles. The molecule has 0 spiro atoms. The summed E-state index contributed by atoms with van der Waals surface area (Å²) < 4.78 is 14.3. The molecule has 1 aromatic carbocycles. The van der Waals surface area contributed by atoms with Gasteiger partial charge < -0.3 is 22.1 Å². The fourth-order valence-corrected chi connectivity index (χ4v) is 2.87. The molecule has 0 bridgehead atoms. The van der Waals surface area contributed by atoms with Gasteiger partial charge in [-0.3, -0.25) is 9.78 Å². The molecule has 0 atom stereocenters. The summed E-state index contributed by atoms with van der Waals surface area (Å²) in [4.78, 5) is 24.8. The lowest BCUT2D eigenvalue weighted by Gasteiger charge is -2.16. The molecule has 2 aromatic heterocycles. The zero-order valence-electron chi connectivity index (χ0n) is 16.5. The van der Waals surface area contributed by atoms with Crippen molar-refractivity contribution < 1.29 is 9.18 Å². The first kappa shape index (κ1) is 21.7. The lowest BCUT2D eigenvalue weighted by molar-refractivity contribution is 0.0963. The van der Waals surface area contributed by atoms with Gasteiger partial charge in [0.05, 0.1) is 16.8 Å². The van der Waals surface area contributed by atoms with Gasteiger partial charge in [-0.1, -0.05) is 18.2 Å². The number of nitrogens with one attached hydrogen (secondary N) is 2. The van der Waals surface area contributed by atoms with E-state index in [1.165, 1.54) is 43.7 Å². The van der Waals surface area contributed by atoms with Crippen molar-refractivity contribution in [1.82, 2.24) is 20.6 Å². The molecule has 6 N–H and O–H groups in total. The van der Waals surface area contributed by atoms with Crippen LogP contribution in [0.5, 0.6) is 0 Å². The molecule has 8 nitrogen and oxygen atoms in total. The number of hydrogen-bond donors (Lipinski definition) is 4. The molecular formula is C21H19ClFN7O. The first-order chi connectivity index (χ1) is 14.8. The van der Waals surface area contributed by atoms with E-state index in [9.17, 15) is 9.18 Å². The van der Waals surface area contributed by atoms with Crippen LogP contribution >= 0.6 is 11.6 Å². The summed E-state index contributed by atoms with van der Waals surface area (Å²) in [7, 11) is 1.49.